The highest BCUT2D eigenvalue weighted by Crippen LogP contribution is 2.20. The Morgan fingerprint density at radius 3 is 2.47 bits per heavy atom. The lowest BCUT2D eigenvalue weighted by Crippen LogP contribution is -2.26. The molecule has 1 N–H and O–H groups in total. The average Bonchev–Trinajstić information content (AvgIpc) is 2.77. The van der Waals surface area contributed by atoms with Crippen molar-refractivity contribution in [1.82, 2.24) is 10.3 Å². The number of carbonyl (C=O) groups is 1. The molecule has 0 bridgehead atoms. The first kappa shape index (κ1) is 21.4. The van der Waals surface area contributed by atoms with E-state index in [1.807, 2.05) is 55.5 Å². The third kappa shape index (κ3) is 6.34. The smallest absolute Gasteiger partial charge is 0.251 e. The normalized spacial score (nSPS) is 11.7. The molecule has 0 fully saturated rings. The number of aromatic nitrogens is 1. The molecule has 0 aliphatic carbocycles. The van der Waals surface area contributed by atoms with E-state index in [9.17, 15) is 4.79 Å². The molecule has 1 amide bonds. The molecule has 0 saturated heterocycles. The maximum absolute atomic E-state index is 12.6. The highest BCUT2D eigenvalue weighted by Gasteiger charge is 2.12. The minimum absolute atomic E-state index is 0.130. The maximum atomic E-state index is 12.6. The number of nitrogens with one attached hydrogen (secondary N) is 1. The van der Waals surface area contributed by atoms with Crippen LogP contribution in [-0.2, 0) is 6.61 Å². The lowest BCUT2D eigenvalue weighted by molar-refractivity contribution is 0.0939. The van der Waals surface area contributed by atoms with Crippen molar-refractivity contribution in [1.29, 1.82) is 0 Å². The topological polar surface area (TPSA) is 60.5 Å². The molecule has 2 aromatic carbocycles. The van der Waals surface area contributed by atoms with Crippen molar-refractivity contribution >= 4 is 5.91 Å². The Kier molecular flexibility index (Phi) is 7.44. The molecular weight excluding hydrogens is 376 g/mol. The van der Waals surface area contributed by atoms with Gasteiger partial charge in [0.05, 0.1) is 12.6 Å². The summed E-state index contributed by atoms with van der Waals surface area (Å²) in [5, 5.41) is 3.04. The van der Waals surface area contributed by atoms with Crippen molar-refractivity contribution in [3.63, 3.8) is 0 Å². The van der Waals surface area contributed by atoms with Crippen LogP contribution in [0.1, 0.15) is 48.3 Å². The van der Waals surface area contributed by atoms with Gasteiger partial charge in [0.15, 0.2) is 0 Å². The van der Waals surface area contributed by atoms with Gasteiger partial charge in [-0.1, -0.05) is 38.1 Å². The number of rotatable bonds is 9. The number of benzene rings is 2. The second-order valence-corrected chi connectivity index (χ2v) is 7.65. The lowest BCUT2D eigenvalue weighted by Gasteiger charge is -2.16. The highest BCUT2D eigenvalue weighted by atomic mass is 16.5. The molecule has 0 saturated carbocycles. The van der Waals surface area contributed by atoms with E-state index < -0.39 is 0 Å². The number of amides is 1. The fourth-order valence-electron chi connectivity index (χ4n) is 2.86. The SMILES string of the molecule is CC(C)COc1cccc(C(=O)NC(C)c2ccc(OCc3cccnc3)cc2)c1. The number of hydrogen-bond donors (Lipinski definition) is 1. The second-order valence-electron chi connectivity index (χ2n) is 7.65. The number of pyridine rings is 1. The Hall–Kier alpha value is -3.34. The van der Waals surface area contributed by atoms with Crippen LogP contribution in [0.15, 0.2) is 73.1 Å². The van der Waals surface area contributed by atoms with Crippen molar-refractivity contribution < 1.29 is 14.3 Å². The van der Waals surface area contributed by atoms with E-state index >= 15 is 0 Å². The fraction of sp³-hybridized carbons (Fsp3) is 0.280. The predicted molar refractivity (Wildman–Crippen MR) is 118 cm³/mol. The van der Waals surface area contributed by atoms with Crippen LogP contribution in [0.2, 0.25) is 0 Å². The number of ether oxygens (including phenoxy) is 2. The molecule has 0 spiro atoms. The minimum atomic E-state index is -0.134. The molecule has 0 aliphatic heterocycles. The Bertz CT molecular complexity index is 940. The molecule has 5 heteroatoms. The van der Waals surface area contributed by atoms with Gasteiger partial charge in [-0.05, 0) is 54.8 Å². The first-order chi connectivity index (χ1) is 14.5. The Morgan fingerprint density at radius 2 is 1.77 bits per heavy atom. The molecule has 0 aliphatic rings. The summed E-state index contributed by atoms with van der Waals surface area (Å²) in [6.07, 6.45) is 3.53. The third-order valence-electron chi connectivity index (χ3n) is 4.54. The van der Waals surface area contributed by atoms with E-state index in [1.54, 1.807) is 24.5 Å². The molecule has 1 unspecified atom stereocenters. The summed E-state index contributed by atoms with van der Waals surface area (Å²) < 4.78 is 11.5. The zero-order chi connectivity index (χ0) is 21.3. The van der Waals surface area contributed by atoms with Crippen LogP contribution in [0.25, 0.3) is 0 Å². The Balaban J connectivity index is 1.55. The number of nitrogens with zero attached hydrogens (tertiary/aromatic N) is 1. The molecule has 3 rings (SSSR count). The number of hydrogen-bond acceptors (Lipinski definition) is 4. The monoisotopic (exact) mass is 404 g/mol. The molecule has 1 heterocycles. The van der Waals surface area contributed by atoms with Gasteiger partial charge in [0.1, 0.15) is 18.1 Å². The van der Waals surface area contributed by atoms with Crippen molar-refractivity contribution in [2.45, 2.75) is 33.4 Å². The van der Waals surface area contributed by atoms with Crippen LogP contribution in [0.4, 0.5) is 0 Å². The van der Waals surface area contributed by atoms with Crippen molar-refractivity contribution in [3.05, 3.63) is 89.7 Å². The maximum Gasteiger partial charge on any atom is 0.251 e. The summed E-state index contributed by atoms with van der Waals surface area (Å²) in [5.74, 6) is 1.78. The fourth-order valence-corrected chi connectivity index (χ4v) is 2.86. The van der Waals surface area contributed by atoms with Crippen LogP contribution in [-0.4, -0.2) is 17.5 Å². The molecule has 156 valence electrons. The summed E-state index contributed by atoms with van der Waals surface area (Å²) in [4.78, 5) is 16.7. The van der Waals surface area contributed by atoms with Gasteiger partial charge in [-0.2, -0.15) is 0 Å². The second kappa shape index (κ2) is 10.4. The molecular formula is C25H28N2O3. The van der Waals surface area contributed by atoms with E-state index in [0.29, 0.717) is 30.4 Å². The van der Waals surface area contributed by atoms with Gasteiger partial charge in [0.25, 0.3) is 5.91 Å². The molecule has 1 aromatic heterocycles. The highest BCUT2D eigenvalue weighted by molar-refractivity contribution is 5.94. The minimum Gasteiger partial charge on any atom is -0.493 e. The van der Waals surface area contributed by atoms with Crippen LogP contribution >= 0.6 is 0 Å². The summed E-state index contributed by atoms with van der Waals surface area (Å²) >= 11 is 0. The summed E-state index contributed by atoms with van der Waals surface area (Å²) in [7, 11) is 0. The Labute approximate surface area is 178 Å². The van der Waals surface area contributed by atoms with E-state index in [1.165, 1.54) is 0 Å². The van der Waals surface area contributed by atoms with Gasteiger partial charge in [0.2, 0.25) is 0 Å². The zero-order valence-corrected chi connectivity index (χ0v) is 17.7. The van der Waals surface area contributed by atoms with Crippen LogP contribution in [0, 0.1) is 5.92 Å². The quantitative estimate of drug-likeness (QED) is 0.533. The van der Waals surface area contributed by atoms with E-state index in [4.69, 9.17) is 9.47 Å². The van der Waals surface area contributed by atoms with Crippen molar-refractivity contribution in [2.75, 3.05) is 6.61 Å². The standard InChI is InChI=1S/C25H28N2O3/c1-18(2)16-29-24-8-4-7-22(14-24)25(28)27-19(3)21-9-11-23(12-10-21)30-17-20-6-5-13-26-15-20/h4-15,18-19H,16-17H2,1-3H3,(H,27,28). The lowest BCUT2D eigenvalue weighted by atomic mass is 10.1. The predicted octanol–water partition coefficient (Wildman–Crippen LogP) is 5.19. The molecule has 3 aromatic rings. The van der Waals surface area contributed by atoms with E-state index in [2.05, 4.69) is 24.1 Å². The summed E-state index contributed by atoms with van der Waals surface area (Å²) in [5.41, 5.74) is 2.60. The molecule has 1 atom stereocenters. The van der Waals surface area contributed by atoms with Gasteiger partial charge < -0.3 is 14.8 Å². The molecule has 5 nitrogen and oxygen atoms in total. The zero-order valence-electron chi connectivity index (χ0n) is 17.7. The molecule has 30 heavy (non-hydrogen) atoms. The summed E-state index contributed by atoms with van der Waals surface area (Å²) in [6, 6.07) is 18.8. The van der Waals surface area contributed by atoms with Crippen molar-refractivity contribution in [3.8, 4) is 11.5 Å². The third-order valence-corrected chi connectivity index (χ3v) is 4.54. The first-order valence-electron chi connectivity index (χ1n) is 10.2. The van der Waals surface area contributed by atoms with E-state index in [0.717, 1.165) is 16.9 Å². The number of carbonyl (C=O) groups excluding carboxylic acids is 1. The summed E-state index contributed by atoms with van der Waals surface area (Å²) in [6.45, 7) is 7.23. The van der Waals surface area contributed by atoms with Gasteiger partial charge >= 0.3 is 0 Å². The Morgan fingerprint density at radius 1 is 0.967 bits per heavy atom. The van der Waals surface area contributed by atoms with Crippen molar-refractivity contribution in [2.24, 2.45) is 5.92 Å². The van der Waals surface area contributed by atoms with Crippen LogP contribution < -0.4 is 14.8 Å². The van der Waals surface area contributed by atoms with Gasteiger partial charge in [0, 0.05) is 23.5 Å². The first-order valence-corrected chi connectivity index (χ1v) is 10.2. The van der Waals surface area contributed by atoms with Gasteiger partial charge in [-0.25, -0.2) is 0 Å². The van der Waals surface area contributed by atoms with E-state index in [-0.39, 0.29) is 11.9 Å². The van der Waals surface area contributed by atoms with Crippen LogP contribution in [0.5, 0.6) is 11.5 Å². The van der Waals surface area contributed by atoms with Gasteiger partial charge in [-0.3, -0.25) is 9.78 Å². The largest absolute Gasteiger partial charge is 0.493 e. The van der Waals surface area contributed by atoms with Gasteiger partial charge in [-0.15, -0.1) is 0 Å². The van der Waals surface area contributed by atoms with Crippen LogP contribution in [0.3, 0.4) is 0 Å². The molecule has 0 radical (unpaired) electrons. The average molecular weight is 405 g/mol.